The summed E-state index contributed by atoms with van der Waals surface area (Å²) in [6.07, 6.45) is 3.34. The van der Waals surface area contributed by atoms with Crippen LogP contribution in [0.25, 0.3) is 5.82 Å². The van der Waals surface area contributed by atoms with Crippen LogP contribution in [-0.4, -0.2) is 69.7 Å². The molecule has 0 spiro atoms. The van der Waals surface area contributed by atoms with E-state index in [9.17, 15) is 9.59 Å². The summed E-state index contributed by atoms with van der Waals surface area (Å²) >= 11 is 0. The first-order chi connectivity index (χ1) is 15.5. The van der Waals surface area contributed by atoms with Crippen molar-refractivity contribution in [1.82, 2.24) is 24.6 Å². The van der Waals surface area contributed by atoms with Gasteiger partial charge in [0.05, 0.1) is 24.6 Å². The molecule has 1 aliphatic heterocycles. The number of piperazine rings is 1. The molecule has 2 amide bonds. The van der Waals surface area contributed by atoms with Crippen LogP contribution in [0.2, 0.25) is 0 Å². The Balaban J connectivity index is 1.46. The van der Waals surface area contributed by atoms with E-state index in [2.05, 4.69) is 10.1 Å². The highest BCUT2D eigenvalue weighted by molar-refractivity contribution is 5.96. The maximum atomic E-state index is 13.3. The van der Waals surface area contributed by atoms with Crippen molar-refractivity contribution in [3.8, 4) is 11.6 Å². The molecule has 0 aliphatic carbocycles. The third-order valence-electron chi connectivity index (χ3n) is 5.64. The number of carbonyl (C=O) groups excluding carboxylic acids is 2. The van der Waals surface area contributed by atoms with Gasteiger partial charge in [0, 0.05) is 37.9 Å². The van der Waals surface area contributed by atoms with Gasteiger partial charge in [-0.15, -0.1) is 0 Å². The van der Waals surface area contributed by atoms with Gasteiger partial charge in [0.15, 0.2) is 5.82 Å². The van der Waals surface area contributed by atoms with Gasteiger partial charge in [0.2, 0.25) is 0 Å². The Morgan fingerprint density at radius 1 is 0.938 bits per heavy atom. The Hall–Kier alpha value is -3.68. The zero-order valence-electron chi connectivity index (χ0n) is 18.6. The Labute approximate surface area is 187 Å². The molecule has 8 nitrogen and oxygen atoms in total. The van der Waals surface area contributed by atoms with Crippen molar-refractivity contribution in [2.45, 2.75) is 19.8 Å². The van der Waals surface area contributed by atoms with Crippen molar-refractivity contribution in [1.29, 1.82) is 0 Å². The number of benzene rings is 1. The molecule has 3 aromatic rings. The Bertz CT molecular complexity index is 1080. The Morgan fingerprint density at radius 3 is 2.16 bits per heavy atom. The molecule has 3 heterocycles. The molecule has 32 heavy (non-hydrogen) atoms. The van der Waals surface area contributed by atoms with E-state index in [0.717, 1.165) is 5.69 Å². The van der Waals surface area contributed by atoms with E-state index in [1.165, 1.54) is 0 Å². The highest BCUT2D eigenvalue weighted by Gasteiger charge is 2.29. The van der Waals surface area contributed by atoms with Crippen LogP contribution < -0.4 is 4.74 Å². The third-order valence-corrected chi connectivity index (χ3v) is 5.64. The van der Waals surface area contributed by atoms with Crippen molar-refractivity contribution in [3.05, 3.63) is 71.7 Å². The molecule has 8 heteroatoms. The van der Waals surface area contributed by atoms with E-state index in [4.69, 9.17) is 4.74 Å². The smallest absolute Gasteiger partial charge is 0.257 e. The molecule has 0 N–H and O–H groups in total. The summed E-state index contributed by atoms with van der Waals surface area (Å²) in [6.45, 7) is 6.02. The van der Waals surface area contributed by atoms with E-state index >= 15 is 0 Å². The number of ether oxygens (including phenoxy) is 1. The van der Waals surface area contributed by atoms with E-state index in [-0.39, 0.29) is 17.7 Å². The largest absolute Gasteiger partial charge is 0.497 e. The van der Waals surface area contributed by atoms with Crippen LogP contribution in [0.1, 0.15) is 46.2 Å². The molecule has 1 saturated heterocycles. The average Bonchev–Trinajstić information content (AvgIpc) is 3.29. The lowest BCUT2D eigenvalue weighted by Gasteiger charge is -2.35. The molecular formula is C24H27N5O3. The van der Waals surface area contributed by atoms with Gasteiger partial charge in [-0.3, -0.25) is 9.59 Å². The van der Waals surface area contributed by atoms with Gasteiger partial charge in [-0.05, 0) is 42.3 Å². The molecule has 0 unspecified atom stereocenters. The average molecular weight is 434 g/mol. The molecular weight excluding hydrogens is 406 g/mol. The molecule has 4 rings (SSSR count). The van der Waals surface area contributed by atoms with Gasteiger partial charge in [0.25, 0.3) is 11.8 Å². The topological polar surface area (TPSA) is 80.6 Å². The second-order valence-electron chi connectivity index (χ2n) is 8.01. The molecule has 1 aromatic carbocycles. The molecule has 1 aliphatic rings. The normalized spacial score (nSPS) is 14.0. The minimum Gasteiger partial charge on any atom is -0.497 e. The highest BCUT2D eigenvalue weighted by atomic mass is 16.5. The quantitative estimate of drug-likeness (QED) is 0.618. The van der Waals surface area contributed by atoms with Crippen molar-refractivity contribution in [2.24, 2.45) is 0 Å². The van der Waals surface area contributed by atoms with Gasteiger partial charge in [0.1, 0.15) is 5.75 Å². The summed E-state index contributed by atoms with van der Waals surface area (Å²) < 4.78 is 6.89. The second-order valence-corrected chi connectivity index (χ2v) is 8.01. The van der Waals surface area contributed by atoms with E-state index in [0.29, 0.717) is 48.9 Å². The molecule has 0 radical (unpaired) electrons. The summed E-state index contributed by atoms with van der Waals surface area (Å²) in [5.74, 6) is 1.39. The number of nitrogens with zero attached hydrogens (tertiary/aromatic N) is 5. The second kappa shape index (κ2) is 9.21. The maximum absolute atomic E-state index is 13.3. The van der Waals surface area contributed by atoms with Crippen LogP contribution in [0.15, 0.2) is 54.9 Å². The molecule has 166 valence electrons. The summed E-state index contributed by atoms with van der Waals surface area (Å²) in [4.78, 5) is 34.1. The predicted octanol–water partition coefficient (Wildman–Crippen LogP) is 3.00. The van der Waals surface area contributed by atoms with Crippen molar-refractivity contribution < 1.29 is 14.3 Å². The summed E-state index contributed by atoms with van der Waals surface area (Å²) in [6, 6.07) is 12.7. The van der Waals surface area contributed by atoms with Gasteiger partial charge < -0.3 is 14.5 Å². The number of hydrogen-bond acceptors (Lipinski definition) is 5. The Morgan fingerprint density at radius 2 is 1.59 bits per heavy atom. The maximum Gasteiger partial charge on any atom is 0.257 e. The minimum absolute atomic E-state index is 0.0365. The summed E-state index contributed by atoms with van der Waals surface area (Å²) in [5.41, 5.74) is 2.04. The number of rotatable bonds is 5. The van der Waals surface area contributed by atoms with Crippen LogP contribution in [0, 0.1) is 0 Å². The van der Waals surface area contributed by atoms with Gasteiger partial charge in [-0.1, -0.05) is 19.9 Å². The molecule has 2 aromatic heterocycles. The fraction of sp³-hybridized carbons (Fsp3) is 0.333. The van der Waals surface area contributed by atoms with Gasteiger partial charge in [-0.2, -0.15) is 5.10 Å². The lowest BCUT2D eigenvalue weighted by atomic mass is 10.0. The van der Waals surface area contributed by atoms with Crippen LogP contribution in [0.4, 0.5) is 0 Å². The fourth-order valence-electron chi connectivity index (χ4n) is 3.94. The molecule has 0 bridgehead atoms. The SMILES string of the molecule is COc1ccc(C(=O)N2CCN(C(=O)c3cnn(-c4ccccn4)c3C(C)C)CC2)cc1. The zero-order valence-corrected chi connectivity index (χ0v) is 18.6. The van der Waals surface area contributed by atoms with Crippen LogP contribution in [-0.2, 0) is 0 Å². The standard InChI is InChI=1S/C24H27N5O3/c1-17(2)22-20(16-26-29(22)21-6-4-5-11-25-21)24(31)28-14-12-27(13-15-28)23(30)18-7-9-19(32-3)10-8-18/h4-11,16-17H,12-15H2,1-3H3. The molecule has 1 fully saturated rings. The van der Waals surface area contributed by atoms with Crippen molar-refractivity contribution >= 4 is 11.8 Å². The number of carbonyl (C=O) groups is 2. The van der Waals surface area contributed by atoms with Crippen molar-refractivity contribution in [2.75, 3.05) is 33.3 Å². The predicted molar refractivity (Wildman–Crippen MR) is 120 cm³/mol. The number of aromatic nitrogens is 3. The first-order valence-corrected chi connectivity index (χ1v) is 10.7. The summed E-state index contributed by atoms with van der Waals surface area (Å²) in [7, 11) is 1.60. The number of amides is 2. The highest BCUT2D eigenvalue weighted by Crippen LogP contribution is 2.24. The van der Waals surface area contributed by atoms with Gasteiger partial charge >= 0.3 is 0 Å². The monoisotopic (exact) mass is 433 g/mol. The molecule has 0 saturated carbocycles. The first kappa shape index (κ1) is 21.5. The van der Waals surface area contributed by atoms with E-state index in [1.807, 2.05) is 32.0 Å². The Kier molecular flexibility index (Phi) is 6.20. The summed E-state index contributed by atoms with van der Waals surface area (Å²) in [5, 5.41) is 4.45. The van der Waals surface area contributed by atoms with Crippen LogP contribution >= 0.6 is 0 Å². The van der Waals surface area contributed by atoms with Crippen LogP contribution in [0.3, 0.4) is 0 Å². The van der Waals surface area contributed by atoms with Gasteiger partial charge in [-0.25, -0.2) is 9.67 Å². The number of hydrogen-bond donors (Lipinski definition) is 0. The van der Waals surface area contributed by atoms with E-state index < -0.39 is 0 Å². The third kappa shape index (κ3) is 4.21. The number of pyridine rings is 1. The number of methoxy groups -OCH3 is 1. The fourth-order valence-corrected chi connectivity index (χ4v) is 3.94. The zero-order chi connectivity index (χ0) is 22.7. The lowest BCUT2D eigenvalue weighted by Crippen LogP contribution is -2.50. The van der Waals surface area contributed by atoms with Crippen molar-refractivity contribution in [3.63, 3.8) is 0 Å². The first-order valence-electron chi connectivity index (χ1n) is 10.7. The molecule has 0 atom stereocenters. The lowest BCUT2D eigenvalue weighted by molar-refractivity contribution is 0.0534. The minimum atomic E-state index is -0.0626. The van der Waals surface area contributed by atoms with E-state index in [1.54, 1.807) is 58.3 Å². The van der Waals surface area contributed by atoms with Crippen LogP contribution in [0.5, 0.6) is 5.75 Å².